The molecule has 3 aromatic rings. The molecule has 0 radical (unpaired) electrons. The Morgan fingerprint density at radius 3 is 2.48 bits per heavy atom. The highest BCUT2D eigenvalue weighted by Gasteiger charge is 2.20. The van der Waals surface area contributed by atoms with Gasteiger partial charge in [0.1, 0.15) is 0 Å². The molecule has 0 saturated heterocycles. The molecule has 0 fully saturated rings. The van der Waals surface area contributed by atoms with Crippen molar-refractivity contribution in [3.05, 3.63) is 70.6 Å². The minimum Gasteiger partial charge on any atom is -0.266 e. The number of aryl methyl sites for hydroxylation is 1. The van der Waals surface area contributed by atoms with Gasteiger partial charge in [-0.3, -0.25) is 4.79 Å². The summed E-state index contributed by atoms with van der Waals surface area (Å²) >= 11 is 0. The van der Waals surface area contributed by atoms with Crippen LogP contribution in [0.15, 0.2) is 64.4 Å². The molecule has 0 spiro atoms. The number of aromatic nitrogens is 2. The van der Waals surface area contributed by atoms with E-state index in [-0.39, 0.29) is 10.4 Å². The second-order valence-corrected chi connectivity index (χ2v) is 6.46. The van der Waals surface area contributed by atoms with E-state index in [4.69, 9.17) is 0 Å². The third-order valence-electron chi connectivity index (χ3n) is 3.15. The quantitative estimate of drug-likeness (QED) is 0.725. The molecule has 6 heteroatoms. The van der Waals surface area contributed by atoms with Crippen LogP contribution < -0.4 is 5.56 Å². The fraction of sp³-hybridized carbons (Fsp3) is 0.0667. The zero-order valence-corrected chi connectivity index (χ0v) is 12.0. The van der Waals surface area contributed by atoms with Crippen LogP contribution in [0.4, 0.5) is 0 Å². The summed E-state index contributed by atoms with van der Waals surface area (Å²) in [5.41, 5.74) is 1.01. The van der Waals surface area contributed by atoms with E-state index in [2.05, 4.69) is 4.98 Å². The Morgan fingerprint density at radius 2 is 1.76 bits per heavy atom. The summed E-state index contributed by atoms with van der Waals surface area (Å²) in [5, 5.41) is 0. The predicted octanol–water partition coefficient (Wildman–Crippen LogP) is 1.94. The molecule has 1 aromatic heterocycles. The van der Waals surface area contributed by atoms with E-state index in [1.165, 1.54) is 12.1 Å². The molecule has 5 nitrogen and oxygen atoms in total. The third kappa shape index (κ3) is 2.23. The van der Waals surface area contributed by atoms with Crippen LogP contribution in [0.2, 0.25) is 0 Å². The summed E-state index contributed by atoms with van der Waals surface area (Å²) in [6, 6.07) is 13.0. The average molecular weight is 300 g/mol. The predicted molar refractivity (Wildman–Crippen MR) is 79.8 cm³/mol. The van der Waals surface area contributed by atoms with Gasteiger partial charge in [0.15, 0.2) is 0 Å². The van der Waals surface area contributed by atoms with Crippen molar-refractivity contribution in [1.82, 2.24) is 8.96 Å². The summed E-state index contributed by atoms with van der Waals surface area (Å²) < 4.78 is 26.2. The summed E-state index contributed by atoms with van der Waals surface area (Å²) in [6.45, 7) is 1.88. The number of hydrogen-bond acceptors (Lipinski definition) is 4. The topological polar surface area (TPSA) is 69.0 Å². The van der Waals surface area contributed by atoms with E-state index in [9.17, 15) is 13.2 Å². The van der Waals surface area contributed by atoms with Gasteiger partial charge in [0, 0.05) is 0 Å². The van der Waals surface area contributed by atoms with Crippen molar-refractivity contribution in [2.75, 3.05) is 0 Å². The van der Waals surface area contributed by atoms with Crippen LogP contribution in [-0.2, 0) is 10.0 Å². The molecule has 0 unspecified atom stereocenters. The summed E-state index contributed by atoms with van der Waals surface area (Å²) in [4.78, 5) is 16.1. The smallest absolute Gasteiger partial charge is 0.266 e. The monoisotopic (exact) mass is 300 g/mol. The first-order valence-corrected chi connectivity index (χ1v) is 7.73. The first-order valence-electron chi connectivity index (χ1n) is 6.29. The molecule has 0 amide bonds. The van der Waals surface area contributed by atoms with Gasteiger partial charge in [-0.05, 0) is 36.8 Å². The van der Waals surface area contributed by atoms with E-state index < -0.39 is 15.6 Å². The SMILES string of the molecule is Cc1ccc2c(c1)ncc(=O)n2S(=O)(=O)c1ccccc1. The first-order chi connectivity index (χ1) is 10.00. The Bertz CT molecular complexity index is 977. The zero-order chi connectivity index (χ0) is 15.0. The summed E-state index contributed by atoms with van der Waals surface area (Å²) in [5.74, 6) is 0. The van der Waals surface area contributed by atoms with Crippen molar-refractivity contribution in [2.24, 2.45) is 0 Å². The van der Waals surface area contributed by atoms with E-state index in [0.717, 1.165) is 15.7 Å². The van der Waals surface area contributed by atoms with Gasteiger partial charge in [0.25, 0.3) is 15.6 Å². The fourth-order valence-electron chi connectivity index (χ4n) is 2.15. The minimum atomic E-state index is -3.94. The lowest BCUT2D eigenvalue weighted by Crippen LogP contribution is -2.27. The van der Waals surface area contributed by atoms with Gasteiger partial charge in [-0.1, -0.05) is 24.3 Å². The maximum absolute atomic E-state index is 12.7. The van der Waals surface area contributed by atoms with E-state index in [1.54, 1.807) is 36.4 Å². The highest BCUT2D eigenvalue weighted by molar-refractivity contribution is 7.90. The standard InChI is InChI=1S/C15H12N2O3S/c1-11-7-8-14-13(9-11)16-10-15(18)17(14)21(19,20)12-5-3-2-4-6-12/h2-10H,1H3. The second kappa shape index (κ2) is 4.82. The zero-order valence-electron chi connectivity index (χ0n) is 11.2. The second-order valence-electron chi connectivity index (χ2n) is 4.67. The molecular formula is C15H12N2O3S. The van der Waals surface area contributed by atoms with E-state index >= 15 is 0 Å². The van der Waals surface area contributed by atoms with Crippen LogP contribution in [0.25, 0.3) is 11.0 Å². The van der Waals surface area contributed by atoms with Gasteiger partial charge >= 0.3 is 0 Å². The van der Waals surface area contributed by atoms with Gasteiger partial charge in [-0.2, -0.15) is 3.97 Å². The molecule has 0 saturated carbocycles. The van der Waals surface area contributed by atoms with Gasteiger partial charge in [0.05, 0.1) is 22.1 Å². The Labute approximate surface area is 121 Å². The third-order valence-corrected chi connectivity index (χ3v) is 4.87. The van der Waals surface area contributed by atoms with Crippen molar-refractivity contribution in [1.29, 1.82) is 0 Å². The molecule has 2 aromatic carbocycles. The molecule has 106 valence electrons. The molecule has 0 bridgehead atoms. The molecule has 1 heterocycles. The maximum atomic E-state index is 12.7. The molecule has 3 rings (SSSR count). The highest BCUT2D eigenvalue weighted by atomic mass is 32.2. The van der Waals surface area contributed by atoms with Crippen LogP contribution in [0, 0.1) is 6.92 Å². The van der Waals surface area contributed by atoms with Crippen molar-refractivity contribution in [2.45, 2.75) is 11.8 Å². The lowest BCUT2D eigenvalue weighted by Gasteiger charge is -2.10. The molecule has 0 aliphatic rings. The van der Waals surface area contributed by atoms with Crippen LogP contribution in [0.1, 0.15) is 5.56 Å². The van der Waals surface area contributed by atoms with Gasteiger partial charge in [-0.15, -0.1) is 0 Å². The van der Waals surface area contributed by atoms with Crippen molar-refractivity contribution >= 4 is 21.1 Å². The Morgan fingerprint density at radius 1 is 1.05 bits per heavy atom. The largest absolute Gasteiger partial charge is 0.283 e. The Balaban J connectivity index is 2.40. The van der Waals surface area contributed by atoms with E-state index in [1.807, 2.05) is 6.92 Å². The molecule has 0 atom stereocenters. The Kier molecular flexibility index (Phi) is 3.10. The van der Waals surface area contributed by atoms with Gasteiger partial charge in [-0.25, -0.2) is 13.4 Å². The number of benzene rings is 2. The normalized spacial score (nSPS) is 11.7. The van der Waals surface area contributed by atoms with Crippen molar-refractivity contribution in [3.63, 3.8) is 0 Å². The first kappa shape index (κ1) is 13.5. The van der Waals surface area contributed by atoms with Crippen LogP contribution >= 0.6 is 0 Å². The van der Waals surface area contributed by atoms with Crippen LogP contribution in [0.5, 0.6) is 0 Å². The van der Waals surface area contributed by atoms with Gasteiger partial charge in [0.2, 0.25) is 0 Å². The average Bonchev–Trinajstić information content (AvgIpc) is 2.48. The number of nitrogens with zero attached hydrogens (tertiary/aromatic N) is 2. The molecular weight excluding hydrogens is 288 g/mol. The number of fused-ring (bicyclic) bond motifs is 1. The van der Waals surface area contributed by atoms with Crippen LogP contribution in [-0.4, -0.2) is 17.4 Å². The summed E-state index contributed by atoms with van der Waals surface area (Å²) in [7, 11) is -3.94. The number of hydrogen-bond donors (Lipinski definition) is 0. The highest BCUT2D eigenvalue weighted by Crippen LogP contribution is 2.18. The molecule has 0 aliphatic heterocycles. The van der Waals surface area contributed by atoms with Crippen molar-refractivity contribution < 1.29 is 8.42 Å². The van der Waals surface area contributed by atoms with Gasteiger partial charge < -0.3 is 0 Å². The van der Waals surface area contributed by atoms with Crippen LogP contribution in [0.3, 0.4) is 0 Å². The molecule has 0 aliphatic carbocycles. The molecule has 0 N–H and O–H groups in total. The minimum absolute atomic E-state index is 0.0696. The lowest BCUT2D eigenvalue weighted by molar-refractivity contribution is 0.587. The maximum Gasteiger partial charge on any atom is 0.283 e. The van der Waals surface area contributed by atoms with E-state index in [0.29, 0.717) is 5.52 Å². The van der Waals surface area contributed by atoms with Crippen molar-refractivity contribution in [3.8, 4) is 0 Å². The lowest BCUT2D eigenvalue weighted by atomic mass is 10.2. The fourth-order valence-corrected chi connectivity index (χ4v) is 3.56. The molecule has 21 heavy (non-hydrogen) atoms. The summed E-state index contributed by atoms with van der Waals surface area (Å²) in [6.07, 6.45) is 1.03. The number of rotatable bonds is 2. The Hall–Kier alpha value is -2.47.